The molecule has 1 heterocycles. The van der Waals surface area contributed by atoms with E-state index in [1.807, 2.05) is 0 Å². The van der Waals surface area contributed by atoms with Crippen LogP contribution in [0.15, 0.2) is 0 Å². The van der Waals surface area contributed by atoms with Crippen LogP contribution in [0.3, 0.4) is 0 Å². The molecule has 1 fully saturated rings. The Balaban J connectivity index is 2.33. The van der Waals surface area contributed by atoms with Crippen molar-refractivity contribution in [3.8, 4) is 0 Å². The summed E-state index contributed by atoms with van der Waals surface area (Å²) in [4.78, 5) is 27.0. The second-order valence-electron chi connectivity index (χ2n) is 4.90. The quantitative estimate of drug-likeness (QED) is 0.655. The number of nitrogens with two attached hydrogens (primary N) is 2. The van der Waals surface area contributed by atoms with E-state index in [0.717, 1.165) is 12.8 Å². The molecule has 1 unspecified atom stereocenters. The molecule has 0 aromatic heterocycles. The second-order valence-corrected chi connectivity index (χ2v) is 4.90. The molecule has 20 heavy (non-hydrogen) atoms. The van der Waals surface area contributed by atoms with Gasteiger partial charge in [-0.25, -0.2) is 4.79 Å². The van der Waals surface area contributed by atoms with Gasteiger partial charge in [-0.1, -0.05) is 6.42 Å². The fraction of sp³-hybridized carbons (Fsp3) is 0.846. The molecular formula is C13H26N4O3. The number of nitrogens with zero attached hydrogens (tertiary/aromatic N) is 2. The van der Waals surface area contributed by atoms with E-state index in [1.165, 1.54) is 0 Å². The maximum absolute atomic E-state index is 12.1. The van der Waals surface area contributed by atoms with Gasteiger partial charge in [-0.05, 0) is 26.3 Å². The van der Waals surface area contributed by atoms with Gasteiger partial charge in [-0.3, -0.25) is 4.79 Å². The fourth-order valence-corrected chi connectivity index (χ4v) is 2.19. The highest BCUT2D eigenvalue weighted by Gasteiger charge is 2.27. The summed E-state index contributed by atoms with van der Waals surface area (Å²) in [5, 5.41) is 0. The summed E-state index contributed by atoms with van der Waals surface area (Å²) in [7, 11) is 0. The van der Waals surface area contributed by atoms with Gasteiger partial charge in [0.1, 0.15) is 0 Å². The first-order valence-electron chi connectivity index (χ1n) is 7.26. The summed E-state index contributed by atoms with van der Waals surface area (Å²) in [6.45, 7) is 4.80. The third-order valence-electron chi connectivity index (χ3n) is 3.40. The first kappa shape index (κ1) is 16.7. The Kier molecular flexibility index (Phi) is 7.32. The Bertz CT molecular complexity index is 317. The molecule has 4 N–H and O–H groups in total. The van der Waals surface area contributed by atoms with Crippen molar-refractivity contribution >= 4 is 12.0 Å². The van der Waals surface area contributed by atoms with Gasteiger partial charge in [-0.15, -0.1) is 0 Å². The largest absolute Gasteiger partial charge is 0.450 e. The van der Waals surface area contributed by atoms with E-state index in [9.17, 15) is 9.59 Å². The molecule has 7 nitrogen and oxygen atoms in total. The molecule has 0 radical (unpaired) electrons. The highest BCUT2D eigenvalue weighted by molar-refractivity contribution is 5.82. The monoisotopic (exact) mass is 286 g/mol. The normalized spacial score (nSPS) is 16.9. The number of carbonyl (C=O) groups is 2. The predicted molar refractivity (Wildman–Crippen MR) is 76.1 cm³/mol. The molecule has 0 saturated carbocycles. The van der Waals surface area contributed by atoms with Gasteiger partial charge < -0.3 is 26.0 Å². The van der Waals surface area contributed by atoms with Crippen LogP contribution in [0.2, 0.25) is 0 Å². The van der Waals surface area contributed by atoms with Crippen molar-refractivity contribution in [2.75, 3.05) is 39.3 Å². The zero-order chi connectivity index (χ0) is 15.0. The zero-order valence-electron chi connectivity index (χ0n) is 12.2. The minimum absolute atomic E-state index is 0.0365. The lowest BCUT2D eigenvalue weighted by Crippen LogP contribution is -2.54. The molecular weight excluding hydrogens is 260 g/mol. The van der Waals surface area contributed by atoms with Gasteiger partial charge >= 0.3 is 6.09 Å². The average Bonchev–Trinajstić information content (AvgIpc) is 2.47. The highest BCUT2D eigenvalue weighted by Crippen LogP contribution is 2.08. The van der Waals surface area contributed by atoms with E-state index in [-0.39, 0.29) is 12.0 Å². The Morgan fingerprint density at radius 2 is 1.75 bits per heavy atom. The number of hydrogen-bond donors (Lipinski definition) is 2. The number of amides is 2. The number of hydrogen-bond acceptors (Lipinski definition) is 5. The number of carbonyl (C=O) groups excluding carboxylic acids is 2. The topological polar surface area (TPSA) is 102 Å². The maximum atomic E-state index is 12.1. The van der Waals surface area contributed by atoms with Gasteiger partial charge in [-0.2, -0.15) is 0 Å². The van der Waals surface area contributed by atoms with Gasteiger partial charge in [0.2, 0.25) is 5.91 Å². The van der Waals surface area contributed by atoms with Gasteiger partial charge in [0.05, 0.1) is 12.6 Å². The van der Waals surface area contributed by atoms with Crippen molar-refractivity contribution in [1.29, 1.82) is 0 Å². The fourth-order valence-electron chi connectivity index (χ4n) is 2.19. The van der Waals surface area contributed by atoms with Crippen LogP contribution < -0.4 is 11.5 Å². The van der Waals surface area contributed by atoms with Crippen molar-refractivity contribution in [3.05, 3.63) is 0 Å². The SMILES string of the molecule is CCOC(=O)N1CCN(C(=O)C(N)CCCCN)CC1. The summed E-state index contributed by atoms with van der Waals surface area (Å²) in [5.41, 5.74) is 11.3. The van der Waals surface area contributed by atoms with Crippen LogP contribution in [0.25, 0.3) is 0 Å². The first-order valence-corrected chi connectivity index (χ1v) is 7.26. The third-order valence-corrected chi connectivity index (χ3v) is 3.40. The number of ether oxygens (including phenoxy) is 1. The molecule has 0 bridgehead atoms. The van der Waals surface area contributed by atoms with Crippen molar-refractivity contribution < 1.29 is 14.3 Å². The van der Waals surface area contributed by atoms with Crippen LogP contribution in [0.4, 0.5) is 4.79 Å². The lowest BCUT2D eigenvalue weighted by Gasteiger charge is -2.35. The van der Waals surface area contributed by atoms with E-state index < -0.39 is 6.04 Å². The molecule has 0 spiro atoms. The molecule has 7 heteroatoms. The minimum atomic E-state index is -0.462. The van der Waals surface area contributed by atoms with Crippen molar-refractivity contribution in [1.82, 2.24) is 9.80 Å². The Morgan fingerprint density at radius 1 is 1.15 bits per heavy atom. The molecule has 116 valence electrons. The summed E-state index contributed by atoms with van der Waals surface area (Å²) >= 11 is 0. The van der Waals surface area contributed by atoms with Crippen LogP contribution in [-0.2, 0) is 9.53 Å². The van der Waals surface area contributed by atoms with Gasteiger partial charge in [0.15, 0.2) is 0 Å². The third kappa shape index (κ3) is 4.97. The van der Waals surface area contributed by atoms with E-state index in [4.69, 9.17) is 16.2 Å². The van der Waals surface area contributed by atoms with Crippen LogP contribution in [-0.4, -0.2) is 67.2 Å². The lowest BCUT2D eigenvalue weighted by atomic mass is 10.1. The molecule has 1 aliphatic heterocycles. The van der Waals surface area contributed by atoms with Gasteiger partial charge in [0, 0.05) is 26.2 Å². The molecule has 0 aliphatic carbocycles. The van der Waals surface area contributed by atoms with E-state index in [2.05, 4.69) is 0 Å². The van der Waals surface area contributed by atoms with Crippen molar-refractivity contribution in [3.63, 3.8) is 0 Å². The summed E-state index contributed by atoms with van der Waals surface area (Å²) in [5.74, 6) is -0.0365. The Hall–Kier alpha value is -1.34. The lowest BCUT2D eigenvalue weighted by molar-refractivity contribution is -0.134. The molecule has 1 rings (SSSR count). The van der Waals surface area contributed by atoms with Crippen molar-refractivity contribution in [2.45, 2.75) is 32.2 Å². The van der Waals surface area contributed by atoms with E-state index >= 15 is 0 Å². The predicted octanol–water partition coefficient (Wildman–Crippen LogP) is -0.257. The molecule has 1 saturated heterocycles. The molecule has 0 aromatic rings. The number of rotatable bonds is 6. The Morgan fingerprint density at radius 3 is 2.30 bits per heavy atom. The first-order chi connectivity index (χ1) is 9.60. The van der Waals surface area contributed by atoms with Gasteiger partial charge in [0.25, 0.3) is 0 Å². The van der Waals surface area contributed by atoms with E-state index in [0.29, 0.717) is 45.8 Å². The number of unbranched alkanes of at least 4 members (excludes halogenated alkanes) is 1. The van der Waals surface area contributed by atoms with Crippen LogP contribution in [0.1, 0.15) is 26.2 Å². The average molecular weight is 286 g/mol. The highest BCUT2D eigenvalue weighted by atomic mass is 16.6. The van der Waals surface area contributed by atoms with Crippen molar-refractivity contribution in [2.24, 2.45) is 11.5 Å². The Labute approximate surface area is 120 Å². The summed E-state index contributed by atoms with van der Waals surface area (Å²) < 4.78 is 4.94. The molecule has 1 atom stereocenters. The summed E-state index contributed by atoms with van der Waals surface area (Å²) in [6, 6.07) is -0.462. The number of piperazine rings is 1. The standard InChI is InChI=1S/C13H26N4O3/c1-2-20-13(19)17-9-7-16(8-10-17)12(18)11(15)5-3-4-6-14/h11H,2-10,14-15H2,1H3. The summed E-state index contributed by atoms with van der Waals surface area (Å²) in [6.07, 6.45) is 2.10. The van der Waals surface area contributed by atoms with Crippen LogP contribution >= 0.6 is 0 Å². The second kappa shape index (κ2) is 8.76. The minimum Gasteiger partial charge on any atom is -0.450 e. The van der Waals surface area contributed by atoms with E-state index in [1.54, 1.807) is 16.7 Å². The molecule has 2 amide bonds. The zero-order valence-corrected chi connectivity index (χ0v) is 12.2. The molecule has 0 aromatic carbocycles. The van der Waals surface area contributed by atoms with Crippen LogP contribution in [0.5, 0.6) is 0 Å². The smallest absolute Gasteiger partial charge is 0.409 e. The van der Waals surface area contributed by atoms with Crippen LogP contribution in [0, 0.1) is 0 Å². The maximum Gasteiger partial charge on any atom is 0.409 e. The molecule has 1 aliphatic rings.